The topological polar surface area (TPSA) is 70.7 Å². The molecule has 28 heavy (non-hydrogen) atoms. The number of hydrogen-bond acceptors (Lipinski definition) is 3. The van der Waals surface area contributed by atoms with Crippen molar-refractivity contribution in [1.82, 2.24) is 10.2 Å². The fourth-order valence-corrected chi connectivity index (χ4v) is 3.34. The van der Waals surface area contributed by atoms with E-state index in [1.165, 1.54) is 12.5 Å². The fourth-order valence-electron chi connectivity index (χ4n) is 3.34. The predicted octanol–water partition coefficient (Wildman–Crippen LogP) is 3.44. The molecule has 2 aromatic rings. The minimum atomic E-state index is -0.173. The third-order valence-corrected chi connectivity index (χ3v) is 4.72. The molecule has 0 aliphatic carbocycles. The van der Waals surface area contributed by atoms with Crippen LogP contribution in [-0.4, -0.2) is 42.6 Å². The summed E-state index contributed by atoms with van der Waals surface area (Å²) in [6.45, 7) is 3.21. The first-order valence-corrected chi connectivity index (χ1v) is 9.70. The van der Waals surface area contributed by atoms with Gasteiger partial charge in [0.2, 0.25) is 5.91 Å². The van der Waals surface area contributed by atoms with Crippen LogP contribution in [0.1, 0.15) is 25.3 Å². The first kappa shape index (κ1) is 19.7. The number of carbonyl (C=O) groups is 2. The monoisotopic (exact) mass is 381 g/mol. The SMILES string of the molecule is CC(=O)N[C@H]1CCN(C(=O)Nc2ccccc2OCCCc2ccccc2)C1. The molecule has 1 aliphatic rings. The molecule has 1 heterocycles. The van der Waals surface area contributed by atoms with Crippen LogP contribution in [0.4, 0.5) is 10.5 Å². The molecular formula is C22H27N3O3. The van der Waals surface area contributed by atoms with Gasteiger partial charge in [-0.2, -0.15) is 0 Å². The highest BCUT2D eigenvalue weighted by molar-refractivity contribution is 5.91. The van der Waals surface area contributed by atoms with Gasteiger partial charge in [0.25, 0.3) is 0 Å². The van der Waals surface area contributed by atoms with Gasteiger partial charge in [0, 0.05) is 26.1 Å². The summed E-state index contributed by atoms with van der Waals surface area (Å²) in [5, 5.41) is 5.80. The molecular weight excluding hydrogens is 354 g/mol. The van der Waals surface area contributed by atoms with Crippen molar-refractivity contribution in [2.45, 2.75) is 32.2 Å². The summed E-state index contributed by atoms with van der Waals surface area (Å²) in [5.41, 5.74) is 1.95. The van der Waals surface area contributed by atoms with Crippen LogP contribution < -0.4 is 15.4 Å². The molecule has 148 valence electrons. The molecule has 3 amide bonds. The van der Waals surface area contributed by atoms with E-state index in [4.69, 9.17) is 4.74 Å². The van der Waals surface area contributed by atoms with Crippen molar-refractivity contribution >= 4 is 17.6 Å². The van der Waals surface area contributed by atoms with Crippen LogP contribution in [0, 0.1) is 0 Å². The second-order valence-electron chi connectivity index (χ2n) is 7.00. The normalized spacial score (nSPS) is 15.9. The van der Waals surface area contributed by atoms with Gasteiger partial charge in [0.1, 0.15) is 5.75 Å². The van der Waals surface area contributed by atoms with Gasteiger partial charge in [0.15, 0.2) is 0 Å². The van der Waals surface area contributed by atoms with Crippen molar-refractivity contribution in [2.24, 2.45) is 0 Å². The lowest BCUT2D eigenvalue weighted by Gasteiger charge is -2.19. The lowest BCUT2D eigenvalue weighted by atomic mass is 10.1. The molecule has 1 saturated heterocycles. The first-order valence-electron chi connectivity index (χ1n) is 9.70. The summed E-state index contributed by atoms with van der Waals surface area (Å²) in [6, 6.07) is 17.6. The number of amides is 3. The second-order valence-corrected chi connectivity index (χ2v) is 7.00. The number of nitrogens with one attached hydrogen (secondary N) is 2. The number of benzene rings is 2. The number of likely N-dealkylation sites (tertiary alicyclic amines) is 1. The summed E-state index contributed by atoms with van der Waals surface area (Å²) in [7, 11) is 0. The van der Waals surface area contributed by atoms with Crippen LogP contribution in [0.5, 0.6) is 5.75 Å². The Balaban J connectivity index is 1.49. The largest absolute Gasteiger partial charge is 0.491 e. The molecule has 0 bridgehead atoms. The van der Waals surface area contributed by atoms with Crippen molar-refractivity contribution in [2.75, 3.05) is 25.0 Å². The second kappa shape index (κ2) is 9.78. The van der Waals surface area contributed by atoms with Crippen molar-refractivity contribution in [3.63, 3.8) is 0 Å². The number of para-hydroxylation sites is 2. The number of urea groups is 1. The Morgan fingerprint density at radius 1 is 1.11 bits per heavy atom. The summed E-state index contributed by atoms with van der Waals surface area (Å²) < 4.78 is 5.91. The fraction of sp³-hybridized carbons (Fsp3) is 0.364. The van der Waals surface area contributed by atoms with E-state index < -0.39 is 0 Å². The van der Waals surface area contributed by atoms with E-state index in [1.807, 2.05) is 42.5 Å². The standard InChI is InChI=1S/C22H27N3O3/c1-17(26)23-19-13-14-25(16-19)22(27)24-20-11-5-6-12-21(20)28-15-7-10-18-8-3-2-4-9-18/h2-6,8-9,11-12,19H,7,10,13-16H2,1H3,(H,23,26)(H,24,27)/t19-/m0/s1. The van der Waals surface area contributed by atoms with Crippen molar-refractivity contribution in [3.8, 4) is 5.75 Å². The molecule has 2 N–H and O–H groups in total. The third kappa shape index (κ3) is 5.74. The highest BCUT2D eigenvalue weighted by Crippen LogP contribution is 2.25. The van der Waals surface area contributed by atoms with Crippen LogP contribution in [-0.2, 0) is 11.2 Å². The van der Waals surface area contributed by atoms with Crippen LogP contribution >= 0.6 is 0 Å². The van der Waals surface area contributed by atoms with Crippen molar-refractivity contribution in [3.05, 3.63) is 60.2 Å². The van der Waals surface area contributed by atoms with Gasteiger partial charge in [-0.3, -0.25) is 4.79 Å². The summed E-state index contributed by atoms with van der Waals surface area (Å²) >= 11 is 0. The molecule has 6 nitrogen and oxygen atoms in total. The van der Waals surface area contributed by atoms with Crippen LogP contribution in [0.15, 0.2) is 54.6 Å². The first-order chi connectivity index (χ1) is 13.6. The lowest BCUT2D eigenvalue weighted by Crippen LogP contribution is -2.38. The minimum absolute atomic E-state index is 0.0210. The van der Waals surface area contributed by atoms with Gasteiger partial charge < -0.3 is 20.3 Å². The van der Waals surface area contributed by atoms with E-state index in [1.54, 1.807) is 4.90 Å². The average Bonchev–Trinajstić information content (AvgIpc) is 3.15. The Bertz CT molecular complexity index is 795. The number of hydrogen-bond donors (Lipinski definition) is 2. The zero-order valence-electron chi connectivity index (χ0n) is 16.2. The Kier molecular flexibility index (Phi) is 6.89. The minimum Gasteiger partial charge on any atom is -0.491 e. The Morgan fingerprint density at radius 2 is 1.86 bits per heavy atom. The smallest absolute Gasteiger partial charge is 0.322 e. The predicted molar refractivity (Wildman–Crippen MR) is 110 cm³/mol. The number of aryl methyl sites for hydroxylation is 1. The third-order valence-electron chi connectivity index (χ3n) is 4.72. The molecule has 0 radical (unpaired) electrons. The van der Waals surface area contributed by atoms with Crippen molar-refractivity contribution in [1.29, 1.82) is 0 Å². The Labute approximate surface area is 165 Å². The van der Waals surface area contributed by atoms with Gasteiger partial charge in [-0.25, -0.2) is 4.79 Å². The van der Waals surface area contributed by atoms with E-state index in [2.05, 4.69) is 22.8 Å². The van der Waals surface area contributed by atoms with Gasteiger partial charge in [-0.05, 0) is 37.0 Å². The Hall–Kier alpha value is -3.02. The molecule has 1 atom stereocenters. The zero-order chi connectivity index (χ0) is 19.8. The maximum Gasteiger partial charge on any atom is 0.322 e. The molecule has 1 aliphatic heterocycles. The summed E-state index contributed by atoms with van der Waals surface area (Å²) in [4.78, 5) is 25.5. The quantitative estimate of drug-likeness (QED) is 0.722. The molecule has 1 fully saturated rings. The number of nitrogens with zero attached hydrogens (tertiary/aromatic N) is 1. The Morgan fingerprint density at radius 3 is 2.64 bits per heavy atom. The zero-order valence-corrected chi connectivity index (χ0v) is 16.2. The maximum atomic E-state index is 12.6. The summed E-state index contributed by atoms with van der Waals surface area (Å²) in [5.74, 6) is 0.600. The molecule has 2 aromatic carbocycles. The average molecular weight is 381 g/mol. The van der Waals surface area contributed by atoms with Crippen LogP contribution in [0.25, 0.3) is 0 Å². The van der Waals surface area contributed by atoms with E-state index in [-0.39, 0.29) is 18.0 Å². The van der Waals surface area contributed by atoms with Crippen LogP contribution in [0.2, 0.25) is 0 Å². The van der Waals surface area contributed by atoms with Gasteiger partial charge in [0.05, 0.1) is 12.3 Å². The maximum absolute atomic E-state index is 12.6. The van der Waals surface area contributed by atoms with Crippen molar-refractivity contribution < 1.29 is 14.3 Å². The number of carbonyl (C=O) groups excluding carboxylic acids is 2. The van der Waals surface area contributed by atoms with E-state index >= 15 is 0 Å². The highest BCUT2D eigenvalue weighted by Gasteiger charge is 2.27. The number of ether oxygens (including phenoxy) is 1. The van der Waals surface area contributed by atoms with E-state index in [0.717, 1.165) is 19.3 Å². The van der Waals surface area contributed by atoms with Crippen LogP contribution in [0.3, 0.4) is 0 Å². The van der Waals surface area contributed by atoms with Gasteiger partial charge in [-0.1, -0.05) is 42.5 Å². The number of anilines is 1. The molecule has 6 heteroatoms. The lowest BCUT2D eigenvalue weighted by molar-refractivity contribution is -0.119. The van der Waals surface area contributed by atoms with Gasteiger partial charge >= 0.3 is 6.03 Å². The molecule has 0 unspecified atom stereocenters. The molecule has 3 rings (SSSR count). The van der Waals surface area contributed by atoms with E-state index in [9.17, 15) is 9.59 Å². The van der Waals surface area contributed by atoms with E-state index in [0.29, 0.717) is 31.1 Å². The summed E-state index contributed by atoms with van der Waals surface area (Å²) in [6.07, 6.45) is 2.62. The highest BCUT2D eigenvalue weighted by atomic mass is 16.5. The molecule has 0 saturated carbocycles. The van der Waals surface area contributed by atoms with Gasteiger partial charge in [-0.15, -0.1) is 0 Å². The number of rotatable bonds is 7. The molecule has 0 aromatic heterocycles. The molecule has 0 spiro atoms.